The highest BCUT2D eigenvalue weighted by Gasteiger charge is 2.39. The molecule has 138 valence electrons. The van der Waals surface area contributed by atoms with E-state index in [0.29, 0.717) is 18.7 Å². The van der Waals surface area contributed by atoms with Gasteiger partial charge in [0.2, 0.25) is 5.91 Å². The van der Waals surface area contributed by atoms with Gasteiger partial charge >= 0.3 is 0 Å². The molecule has 1 aliphatic carbocycles. The smallest absolute Gasteiger partial charge is 0.234 e. The molecule has 0 spiro atoms. The molecular formula is C21H24ClFN2O. The zero-order valence-corrected chi connectivity index (χ0v) is 15.7. The first-order chi connectivity index (χ1) is 12.1. The number of halogens is 2. The van der Waals surface area contributed by atoms with Gasteiger partial charge in [0.25, 0.3) is 0 Å². The van der Waals surface area contributed by atoms with Gasteiger partial charge in [-0.25, -0.2) is 4.39 Å². The van der Waals surface area contributed by atoms with Crippen molar-refractivity contribution in [3.63, 3.8) is 0 Å². The van der Waals surface area contributed by atoms with Gasteiger partial charge in [-0.05, 0) is 67.5 Å². The summed E-state index contributed by atoms with van der Waals surface area (Å²) in [7, 11) is 0. The second-order valence-corrected chi connectivity index (χ2v) is 7.29. The Hall–Kier alpha value is -1.91. The van der Waals surface area contributed by atoms with Gasteiger partial charge in [-0.3, -0.25) is 4.79 Å². The monoisotopic (exact) mass is 374 g/mol. The topological polar surface area (TPSA) is 41.1 Å². The van der Waals surface area contributed by atoms with Crippen LogP contribution >= 0.6 is 12.4 Å². The van der Waals surface area contributed by atoms with E-state index in [-0.39, 0.29) is 24.1 Å². The minimum atomic E-state index is -0.612. The van der Waals surface area contributed by atoms with E-state index in [1.807, 2.05) is 31.2 Å². The van der Waals surface area contributed by atoms with Crippen molar-refractivity contribution in [2.24, 2.45) is 0 Å². The number of nitrogens with one attached hydrogen (secondary N) is 2. The van der Waals surface area contributed by atoms with Crippen LogP contribution in [0.5, 0.6) is 0 Å². The lowest BCUT2D eigenvalue weighted by Crippen LogP contribution is -2.40. The van der Waals surface area contributed by atoms with Gasteiger partial charge in [0.05, 0.1) is 11.1 Å². The molecule has 5 heteroatoms. The number of amides is 1. The number of carbonyl (C=O) groups excluding carboxylic acids is 1. The largest absolute Gasteiger partial charge is 0.323 e. The van der Waals surface area contributed by atoms with E-state index in [1.54, 1.807) is 6.07 Å². The Balaban J connectivity index is 0.00000196. The number of hydrogen-bond acceptors (Lipinski definition) is 2. The van der Waals surface area contributed by atoms with Crippen LogP contribution in [0.2, 0.25) is 0 Å². The number of carbonyl (C=O) groups is 1. The van der Waals surface area contributed by atoms with Gasteiger partial charge in [0.1, 0.15) is 5.82 Å². The van der Waals surface area contributed by atoms with E-state index in [1.165, 1.54) is 5.56 Å². The molecular weight excluding hydrogens is 351 g/mol. The van der Waals surface area contributed by atoms with E-state index in [4.69, 9.17) is 0 Å². The third-order valence-electron chi connectivity index (χ3n) is 5.69. The third-order valence-corrected chi connectivity index (χ3v) is 5.69. The van der Waals surface area contributed by atoms with Crippen LogP contribution in [-0.4, -0.2) is 12.5 Å². The van der Waals surface area contributed by atoms with Crippen molar-refractivity contribution in [3.8, 4) is 0 Å². The first kappa shape index (κ1) is 18.9. The Morgan fingerprint density at radius 3 is 2.81 bits per heavy atom. The van der Waals surface area contributed by atoms with Crippen LogP contribution in [0.1, 0.15) is 42.0 Å². The zero-order chi connectivity index (χ0) is 17.4. The van der Waals surface area contributed by atoms with Gasteiger partial charge in [-0.15, -0.1) is 12.4 Å². The summed E-state index contributed by atoms with van der Waals surface area (Å²) >= 11 is 0. The summed E-state index contributed by atoms with van der Waals surface area (Å²) in [6.45, 7) is 3.43. The first-order valence-electron chi connectivity index (χ1n) is 9.00. The normalized spacial score (nSPS) is 21.2. The van der Waals surface area contributed by atoms with E-state index in [0.717, 1.165) is 42.5 Å². The number of benzene rings is 2. The average Bonchev–Trinajstić information content (AvgIpc) is 2.64. The van der Waals surface area contributed by atoms with E-state index < -0.39 is 5.41 Å². The molecule has 0 bridgehead atoms. The average molecular weight is 375 g/mol. The Labute approximate surface area is 159 Å². The van der Waals surface area contributed by atoms with Crippen molar-refractivity contribution in [2.75, 3.05) is 11.9 Å². The van der Waals surface area contributed by atoms with Crippen LogP contribution in [0.15, 0.2) is 36.4 Å². The lowest BCUT2D eigenvalue weighted by molar-refractivity contribution is -0.121. The first-order valence-corrected chi connectivity index (χ1v) is 9.00. The maximum absolute atomic E-state index is 14.9. The van der Waals surface area contributed by atoms with Gasteiger partial charge in [0.15, 0.2) is 0 Å². The molecule has 2 aromatic rings. The van der Waals surface area contributed by atoms with E-state index >= 15 is 0 Å². The van der Waals surface area contributed by atoms with Crippen LogP contribution in [0.4, 0.5) is 10.1 Å². The van der Waals surface area contributed by atoms with Gasteiger partial charge in [0, 0.05) is 6.54 Å². The predicted molar refractivity (Wildman–Crippen MR) is 104 cm³/mol. The van der Waals surface area contributed by atoms with Gasteiger partial charge in [-0.1, -0.05) is 30.3 Å². The minimum absolute atomic E-state index is 0. The maximum Gasteiger partial charge on any atom is 0.234 e. The molecule has 3 nitrogen and oxygen atoms in total. The summed E-state index contributed by atoms with van der Waals surface area (Å²) in [5.41, 5.74) is 3.69. The minimum Gasteiger partial charge on any atom is -0.323 e. The molecule has 1 aliphatic heterocycles. The molecule has 1 unspecified atom stereocenters. The summed E-state index contributed by atoms with van der Waals surface area (Å²) in [6, 6.07) is 11.7. The van der Waals surface area contributed by atoms with Crippen LogP contribution in [-0.2, 0) is 29.6 Å². The quantitative estimate of drug-likeness (QED) is 0.830. The number of hydrogen-bond donors (Lipinski definition) is 2. The molecule has 2 N–H and O–H groups in total. The third kappa shape index (κ3) is 3.12. The summed E-state index contributed by atoms with van der Waals surface area (Å²) in [6.07, 6.45) is 3.41. The van der Waals surface area contributed by atoms with E-state index in [9.17, 15) is 9.18 Å². The number of fused-ring (bicyclic) bond motifs is 2. The SMILES string of the molecule is CC1(C(=O)Nc2ccc3c(c2F)CCNC3)CCCc2ccccc21.Cl. The maximum atomic E-state index is 14.9. The van der Waals surface area contributed by atoms with Gasteiger partial charge in [-0.2, -0.15) is 0 Å². The zero-order valence-electron chi connectivity index (χ0n) is 14.9. The molecule has 2 aliphatic rings. The molecule has 2 aromatic carbocycles. The molecule has 1 heterocycles. The molecule has 1 atom stereocenters. The standard InChI is InChI=1S/C21H23FN2O.ClH/c1-21(11-4-6-14-5-2-3-7-17(14)21)20(25)24-18-9-8-15-13-23-12-10-16(15)19(18)22;/h2-3,5,7-9,23H,4,6,10-13H2,1H3,(H,24,25);1H. The molecule has 4 rings (SSSR count). The number of anilines is 1. The molecule has 0 radical (unpaired) electrons. The highest BCUT2D eigenvalue weighted by molar-refractivity contribution is 5.99. The van der Waals surface area contributed by atoms with Crippen molar-refractivity contribution in [3.05, 3.63) is 64.5 Å². The van der Waals surface area contributed by atoms with Gasteiger partial charge < -0.3 is 10.6 Å². The fourth-order valence-electron chi connectivity index (χ4n) is 4.17. The second kappa shape index (κ2) is 7.37. The van der Waals surface area contributed by atoms with E-state index in [2.05, 4.69) is 16.7 Å². The number of aryl methyl sites for hydroxylation is 1. The van der Waals surface area contributed by atoms with Crippen molar-refractivity contribution < 1.29 is 9.18 Å². The Morgan fingerprint density at radius 2 is 1.96 bits per heavy atom. The molecule has 0 saturated heterocycles. The molecule has 1 amide bonds. The summed E-state index contributed by atoms with van der Waals surface area (Å²) < 4.78 is 14.9. The van der Waals surface area contributed by atoms with Crippen molar-refractivity contribution >= 4 is 24.0 Å². The van der Waals surface area contributed by atoms with Crippen LogP contribution < -0.4 is 10.6 Å². The molecule has 26 heavy (non-hydrogen) atoms. The fourth-order valence-corrected chi connectivity index (χ4v) is 4.17. The van der Waals surface area contributed by atoms with Crippen LogP contribution in [0.3, 0.4) is 0 Å². The Bertz CT molecular complexity index is 839. The van der Waals surface area contributed by atoms with Crippen LogP contribution in [0.25, 0.3) is 0 Å². The Morgan fingerprint density at radius 1 is 1.15 bits per heavy atom. The lowest BCUT2D eigenvalue weighted by Gasteiger charge is -2.34. The predicted octanol–water partition coefficient (Wildman–Crippen LogP) is 4.13. The fraction of sp³-hybridized carbons (Fsp3) is 0.381. The van der Waals surface area contributed by atoms with Crippen LogP contribution in [0, 0.1) is 5.82 Å². The van der Waals surface area contributed by atoms with Crippen molar-refractivity contribution in [2.45, 2.75) is 44.6 Å². The second-order valence-electron chi connectivity index (χ2n) is 7.29. The summed E-state index contributed by atoms with van der Waals surface area (Å²) in [4.78, 5) is 13.1. The molecule has 0 fully saturated rings. The highest BCUT2D eigenvalue weighted by Crippen LogP contribution is 2.38. The number of rotatable bonds is 2. The molecule has 0 saturated carbocycles. The Kier molecular flexibility index (Phi) is 5.35. The van der Waals surface area contributed by atoms with Crippen molar-refractivity contribution in [1.82, 2.24) is 5.32 Å². The van der Waals surface area contributed by atoms with Crippen molar-refractivity contribution in [1.29, 1.82) is 0 Å². The summed E-state index contributed by atoms with van der Waals surface area (Å²) in [5, 5.41) is 6.12. The highest BCUT2D eigenvalue weighted by atomic mass is 35.5. The lowest BCUT2D eigenvalue weighted by atomic mass is 9.70. The summed E-state index contributed by atoms with van der Waals surface area (Å²) in [5.74, 6) is -0.396. The molecule has 0 aromatic heterocycles.